The molecule has 0 spiro atoms. The zero-order valence-electron chi connectivity index (χ0n) is 8.14. The van der Waals surface area contributed by atoms with Gasteiger partial charge in [0.2, 0.25) is 0 Å². The molecule has 0 aromatic heterocycles. The Kier molecular flexibility index (Phi) is 3.74. The summed E-state index contributed by atoms with van der Waals surface area (Å²) in [7, 11) is 0. The highest BCUT2D eigenvalue weighted by molar-refractivity contribution is 5.28. The van der Waals surface area contributed by atoms with E-state index in [1.165, 1.54) is 12.1 Å². The SMILES string of the molecule is CCCCOc1cc(C)cc(F)c1. The van der Waals surface area contributed by atoms with E-state index in [1.807, 2.05) is 13.0 Å². The quantitative estimate of drug-likeness (QED) is 0.649. The van der Waals surface area contributed by atoms with E-state index < -0.39 is 0 Å². The van der Waals surface area contributed by atoms with E-state index in [2.05, 4.69) is 6.92 Å². The molecular weight excluding hydrogens is 167 g/mol. The first kappa shape index (κ1) is 10.0. The molecule has 2 heteroatoms. The maximum absolute atomic E-state index is 12.9. The van der Waals surface area contributed by atoms with E-state index in [0.717, 1.165) is 18.4 Å². The average Bonchev–Trinajstić information content (AvgIpc) is 2.03. The maximum Gasteiger partial charge on any atom is 0.127 e. The van der Waals surface area contributed by atoms with Gasteiger partial charge in [-0.1, -0.05) is 13.3 Å². The van der Waals surface area contributed by atoms with Crippen LogP contribution in [0.4, 0.5) is 4.39 Å². The molecule has 0 heterocycles. The lowest BCUT2D eigenvalue weighted by atomic mass is 10.2. The summed E-state index contributed by atoms with van der Waals surface area (Å²) in [5.74, 6) is 0.400. The minimum absolute atomic E-state index is 0.230. The summed E-state index contributed by atoms with van der Waals surface area (Å²) in [6.07, 6.45) is 2.10. The predicted octanol–water partition coefficient (Wildman–Crippen LogP) is 3.31. The topological polar surface area (TPSA) is 9.23 Å². The third-order valence-electron chi connectivity index (χ3n) is 1.78. The highest BCUT2D eigenvalue weighted by atomic mass is 19.1. The molecule has 13 heavy (non-hydrogen) atoms. The molecule has 72 valence electrons. The molecule has 1 aromatic rings. The van der Waals surface area contributed by atoms with Crippen molar-refractivity contribution in [1.29, 1.82) is 0 Å². The standard InChI is InChI=1S/C11H15FO/c1-3-4-5-13-11-7-9(2)6-10(12)8-11/h6-8H,3-5H2,1-2H3. The second-order valence-corrected chi connectivity index (χ2v) is 3.17. The van der Waals surface area contributed by atoms with Gasteiger partial charge in [0, 0.05) is 6.07 Å². The summed E-state index contributed by atoms with van der Waals surface area (Å²) < 4.78 is 18.2. The van der Waals surface area contributed by atoms with Gasteiger partial charge >= 0.3 is 0 Å². The molecule has 1 nitrogen and oxygen atoms in total. The Morgan fingerprint density at radius 1 is 1.31 bits per heavy atom. The van der Waals surface area contributed by atoms with Gasteiger partial charge in [-0.15, -0.1) is 0 Å². The van der Waals surface area contributed by atoms with E-state index >= 15 is 0 Å². The van der Waals surface area contributed by atoms with Crippen molar-refractivity contribution in [3.05, 3.63) is 29.6 Å². The van der Waals surface area contributed by atoms with Gasteiger partial charge in [0.15, 0.2) is 0 Å². The molecule has 0 radical (unpaired) electrons. The van der Waals surface area contributed by atoms with E-state index in [9.17, 15) is 4.39 Å². The Hall–Kier alpha value is -1.05. The third-order valence-corrected chi connectivity index (χ3v) is 1.78. The largest absolute Gasteiger partial charge is 0.493 e. The molecule has 0 unspecified atom stereocenters. The average molecular weight is 182 g/mol. The van der Waals surface area contributed by atoms with Crippen molar-refractivity contribution in [2.75, 3.05) is 6.61 Å². The second kappa shape index (κ2) is 4.85. The molecule has 1 aromatic carbocycles. The van der Waals surface area contributed by atoms with Crippen LogP contribution in [0.15, 0.2) is 18.2 Å². The zero-order chi connectivity index (χ0) is 9.68. The summed E-state index contributed by atoms with van der Waals surface area (Å²) in [5.41, 5.74) is 0.895. The number of halogens is 1. The van der Waals surface area contributed by atoms with E-state index in [0.29, 0.717) is 12.4 Å². The molecule has 0 aliphatic rings. The van der Waals surface area contributed by atoms with Crippen LogP contribution < -0.4 is 4.74 Å². The van der Waals surface area contributed by atoms with Gasteiger partial charge in [-0.25, -0.2) is 4.39 Å². The first-order chi connectivity index (χ1) is 6.22. The number of hydrogen-bond acceptors (Lipinski definition) is 1. The number of aryl methyl sites for hydroxylation is 1. The van der Waals surface area contributed by atoms with Gasteiger partial charge in [0.25, 0.3) is 0 Å². The van der Waals surface area contributed by atoms with Crippen molar-refractivity contribution in [2.45, 2.75) is 26.7 Å². The summed E-state index contributed by atoms with van der Waals surface area (Å²) in [4.78, 5) is 0. The second-order valence-electron chi connectivity index (χ2n) is 3.17. The van der Waals surface area contributed by atoms with Crippen molar-refractivity contribution < 1.29 is 9.13 Å². The number of benzene rings is 1. The molecule has 0 amide bonds. The monoisotopic (exact) mass is 182 g/mol. The molecule has 0 N–H and O–H groups in total. The van der Waals surface area contributed by atoms with Crippen molar-refractivity contribution in [3.8, 4) is 5.75 Å². The smallest absolute Gasteiger partial charge is 0.127 e. The van der Waals surface area contributed by atoms with E-state index in [1.54, 1.807) is 0 Å². The Labute approximate surface area is 78.5 Å². The fraction of sp³-hybridized carbons (Fsp3) is 0.455. The lowest BCUT2D eigenvalue weighted by molar-refractivity contribution is 0.307. The Bertz CT molecular complexity index is 251. The summed E-state index contributed by atoms with van der Waals surface area (Å²) in [6, 6.07) is 4.76. The molecule has 0 atom stereocenters. The van der Waals surface area contributed by atoms with Crippen molar-refractivity contribution in [2.24, 2.45) is 0 Å². The number of hydrogen-bond donors (Lipinski definition) is 0. The molecule has 0 bridgehead atoms. The first-order valence-corrected chi connectivity index (χ1v) is 4.62. The van der Waals surface area contributed by atoms with Crippen LogP contribution in [0.3, 0.4) is 0 Å². The van der Waals surface area contributed by atoms with Crippen LogP contribution in [-0.4, -0.2) is 6.61 Å². The Balaban J connectivity index is 2.56. The van der Waals surface area contributed by atoms with Crippen molar-refractivity contribution >= 4 is 0 Å². The van der Waals surface area contributed by atoms with Crippen LogP contribution in [-0.2, 0) is 0 Å². The van der Waals surface area contributed by atoms with Gasteiger partial charge in [-0.3, -0.25) is 0 Å². The van der Waals surface area contributed by atoms with E-state index in [-0.39, 0.29) is 5.82 Å². The molecule has 0 aliphatic heterocycles. The van der Waals surface area contributed by atoms with Crippen LogP contribution in [0.1, 0.15) is 25.3 Å². The predicted molar refractivity (Wildman–Crippen MR) is 51.5 cm³/mol. The highest BCUT2D eigenvalue weighted by Crippen LogP contribution is 2.15. The van der Waals surface area contributed by atoms with Crippen LogP contribution in [0.25, 0.3) is 0 Å². The third kappa shape index (κ3) is 3.45. The van der Waals surface area contributed by atoms with Crippen LogP contribution in [0.2, 0.25) is 0 Å². The lowest BCUT2D eigenvalue weighted by Gasteiger charge is -2.05. The molecule has 1 rings (SSSR count). The van der Waals surface area contributed by atoms with Gasteiger partial charge in [0.1, 0.15) is 11.6 Å². The number of ether oxygens (including phenoxy) is 1. The van der Waals surface area contributed by atoms with Crippen molar-refractivity contribution in [3.63, 3.8) is 0 Å². The Morgan fingerprint density at radius 3 is 2.69 bits per heavy atom. The minimum atomic E-state index is -0.230. The van der Waals surface area contributed by atoms with Crippen LogP contribution >= 0.6 is 0 Å². The van der Waals surface area contributed by atoms with Gasteiger partial charge in [-0.2, -0.15) is 0 Å². The first-order valence-electron chi connectivity index (χ1n) is 4.62. The van der Waals surface area contributed by atoms with Gasteiger partial charge < -0.3 is 4.74 Å². The van der Waals surface area contributed by atoms with Crippen LogP contribution in [0.5, 0.6) is 5.75 Å². The van der Waals surface area contributed by atoms with E-state index in [4.69, 9.17) is 4.74 Å². The summed E-state index contributed by atoms with van der Waals surface area (Å²) in [6.45, 7) is 4.62. The molecule has 0 saturated heterocycles. The number of rotatable bonds is 4. The molecule has 0 fully saturated rings. The van der Waals surface area contributed by atoms with Crippen molar-refractivity contribution in [1.82, 2.24) is 0 Å². The molecular formula is C11H15FO. The zero-order valence-corrected chi connectivity index (χ0v) is 8.14. The summed E-state index contributed by atoms with van der Waals surface area (Å²) >= 11 is 0. The molecule has 0 aliphatic carbocycles. The summed E-state index contributed by atoms with van der Waals surface area (Å²) in [5, 5.41) is 0. The highest BCUT2D eigenvalue weighted by Gasteiger charge is 1.97. The normalized spacial score (nSPS) is 10.1. The lowest BCUT2D eigenvalue weighted by Crippen LogP contribution is -1.97. The van der Waals surface area contributed by atoms with Gasteiger partial charge in [0.05, 0.1) is 6.61 Å². The molecule has 0 saturated carbocycles. The fourth-order valence-electron chi connectivity index (χ4n) is 1.12. The number of unbranched alkanes of at least 4 members (excludes halogenated alkanes) is 1. The van der Waals surface area contributed by atoms with Crippen LogP contribution in [0, 0.1) is 12.7 Å². The maximum atomic E-state index is 12.9. The van der Waals surface area contributed by atoms with Gasteiger partial charge in [-0.05, 0) is 31.0 Å². The minimum Gasteiger partial charge on any atom is -0.493 e. The Morgan fingerprint density at radius 2 is 2.08 bits per heavy atom. The fourth-order valence-corrected chi connectivity index (χ4v) is 1.12.